The van der Waals surface area contributed by atoms with E-state index in [0.717, 1.165) is 12.0 Å². The quantitative estimate of drug-likeness (QED) is 0.205. The minimum absolute atomic E-state index is 0.181. The zero-order valence-electron chi connectivity index (χ0n) is 11.6. The number of esters is 1. The molecule has 1 aromatic carbocycles. The minimum Gasteiger partial charge on any atom is -0.462 e. The molecule has 0 atom stereocenters. The first-order chi connectivity index (χ1) is 10.3. The number of anilines is 1. The number of nitrogens with two attached hydrogens (primary N) is 1. The molecule has 0 amide bonds. The van der Waals surface area contributed by atoms with Crippen LogP contribution < -0.4 is 5.73 Å². The summed E-state index contributed by atoms with van der Waals surface area (Å²) in [6.07, 6.45) is 0.217. The van der Waals surface area contributed by atoms with E-state index in [1.165, 1.54) is 0 Å². The number of halogens is 4. The number of allylic oxidation sites excluding steroid dienone is 1. The zero-order chi connectivity index (χ0) is 16.9. The maximum absolute atomic E-state index is 13.5. The highest BCUT2D eigenvalue weighted by Crippen LogP contribution is 2.26. The standard InChI is InChI=1S/C13H13F4NO3S/c1-6(2)22-21-5-3-4-20-13(19)7-8(14)10(16)12(18)11(17)9(7)15/h1,3-5,18H2,2H3. The lowest BCUT2D eigenvalue weighted by Gasteiger charge is -2.09. The fourth-order valence-corrected chi connectivity index (χ4v) is 1.73. The van der Waals surface area contributed by atoms with Crippen molar-refractivity contribution in [1.29, 1.82) is 0 Å². The maximum Gasteiger partial charge on any atom is 0.344 e. The first-order valence-corrected chi connectivity index (χ1v) is 6.75. The molecule has 122 valence electrons. The SMILES string of the molecule is C=C(C)SOCCCOC(=O)c1c(F)c(F)c(N)c(F)c1F. The van der Waals surface area contributed by atoms with Gasteiger partial charge in [-0.3, -0.25) is 0 Å². The molecule has 0 bridgehead atoms. The van der Waals surface area contributed by atoms with E-state index in [-0.39, 0.29) is 19.6 Å². The Morgan fingerprint density at radius 1 is 1.14 bits per heavy atom. The highest BCUT2D eigenvalue weighted by molar-refractivity contribution is 7.98. The van der Waals surface area contributed by atoms with Crippen LogP contribution in [-0.4, -0.2) is 19.2 Å². The van der Waals surface area contributed by atoms with E-state index < -0.39 is 40.5 Å². The summed E-state index contributed by atoms with van der Waals surface area (Å²) in [6.45, 7) is 5.23. The Morgan fingerprint density at radius 2 is 1.68 bits per heavy atom. The Balaban J connectivity index is 2.65. The summed E-state index contributed by atoms with van der Waals surface area (Å²) < 4.78 is 62.9. The molecule has 1 rings (SSSR count). The third-order valence-electron chi connectivity index (χ3n) is 2.31. The van der Waals surface area contributed by atoms with Crippen LogP contribution in [0.2, 0.25) is 0 Å². The van der Waals surface area contributed by atoms with Gasteiger partial charge in [0.1, 0.15) is 11.3 Å². The number of ether oxygens (including phenoxy) is 1. The van der Waals surface area contributed by atoms with Gasteiger partial charge < -0.3 is 14.7 Å². The van der Waals surface area contributed by atoms with E-state index >= 15 is 0 Å². The van der Waals surface area contributed by atoms with Gasteiger partial charge in [0.2, 0.25) is 0 Å². The number of nitrogen functional groups attached to an aromatic ring is 1. The molecule has 0 radical (unpaired) electrons. The summed E-state index contributed by atoms with van der Waals surface area (Å²) in [6, 6.07) is 0. The first kappa shape index (κ1) is 18.3. The summed E-state index contributed by atoms with van der Waals surface area (Å²) in [5.74, 6) is -8.99. The molecule has 9 heteroatoms. The summed E-state index contributed by atoms with van der Waals surface area (Å²) in [5.41, 5.74) is 2.03. The summed E-state index contributed by atoms with van der Waals surface area (Å²) >= 11 is 1.03. The largest absolute Gasteiger partial charge is 0.462 e. The zero-order valence-corrected chi connectivity index (χ0v) is 12.4. The highest BCUT2D eigenvalue weighted by Gasteiger charge is 2.29. The van der Waals surface area contributed by atoms with Gasteiger partial charge in [0, 0.05) is 23.4 Å². The predicted molar refractivity (Wildman–Crippen MR) is 73.9 cm³/mol. The molecule has 22 heavy (non-hydrogen) atoms. The van der Waals surface area contributed by atoms with Crippen molar-refractivity contribution in [2.75, 3.05) is 18.9 Å². The van der Waals surface area contributed by atoms with Crippen LogP contribution in [0.15, 0.2) is 11.5 Å². The van der Waals surface area contributed by atoms with Gasteiger partial charge in [0.25, 0.3) is 0 Å². The van der Waals surface area contributed by atoms with Gasteiger partial charge in [0.15, 0.2) is 23.3 Å². The van der Waals surface area contributed by atoms with E-state index in [2.05, 4.69) is 11.3 Å². The van der Waals surface area contributed by atoms with Crippen LogP contribution >= 0.6 is 12.0 Å². The van der Waals surface area contributed by atoms with E-state index in [1.807, 2.05) is 0 Å². The molecule has 0 saturated heterocycles. The molecule has 0 aliphatic carbocycles. The average Bonchev–Trinajstić information content (AvgIpc) is 2.46. The number of carbonyl (C=O) groups excluding carboxylic acids is 1. The second-order valence-electron chi connectivity index (χ2n) is 4.14. The van der Waals surface area contributed by atoms with E-state index in [0.29, 0.717) is 4.91 Å². The number of carbonyl (C=O) groups is 1. The third-order valence-corrected chi connectivity index (χ3v) is 2.88. The molecule has 0 unspecified atom stereocenters. The number of hydrogen-bond acceptors (Lipinski definition) is 5. The van der Waals surface area contributed by atoms with Crippen molar-refractivity contribution in [3.05, 3.63) is 40.3 Å². The van der Waals surface area contributed by atoms with Crippen LogP contribution in [0, 0.1) is 23.3 Å². The van der Waals surface area contributed by atoms with Crippen LogP contribution in [0.5, 0.6) is 0 Å². The van der Waals surface area contributed by atoms with Crippen molar-refractivity contribution in [1.82, 2.24) is 0 Å². The third kappa shape index (κ3) is 4.38. The number of benzene rings is 1. The normalized spacial score (nSPS) is 10.6. The Kier molecular flexibility index (Phi) is 6.69. The Hall–Kier alpha value is -1.74. The lowest BCUT2D eigenvalue weighted by Crippen LogP contribution is -2.16. The lowest BCUT2D eigenvalue weighted by atomic mass is 10.1. The summed E-state index contributed by atoms with van der Waals surface area (Å²) in [7, 11) is 0. The smallest absolute Gasteiger partial charge is 0.344 e. The van der Waals surface area contributed by atoms with Gasteiger partial charge in [-0.15, -0.1) is 0 Å². The van der Waals surface area contributed by atoms with E-state index in [9.17, 15) is 22.4 Å². The van der Waals surface area contributed by atoms with Gasteiger partial charge in [-0.1, -0.05) is 6.58 Å². The van der Waals surface area contributed by atoms with E-state index in [1.54, 1.807) is 6.92 Å². The topological polar surface area (TPSA) is 61.5 Å². The lowest BCUT2D eigenvalue weighted by molar-refractivity contribution is 0.0475. The molecule has 0 aliphatic heterocycles. The second kappa shape index (κ2) is 8.04. The van der Waals surface area contributed by atoms with Crippen LogP contribution in [0.25, 0.3) is 0 Å². The molecule has 0 saturated carbocycles. The van der Waals surface area contributed by atoms with Gasteiger partial charge in [-0.2, -0.15) is 0 Å². The minimum atomic E-state index is -1.89. The Bertz CT molecular complexity index is 566. The monoisotopic (exact) mass is 339 g/mol. The molecule has 4 nitrogen and oxygen atoms in total. The summed E-state index contributed by atoms with van der Waals surface area (Å²) in [4.78, 5) is 12.2. The van der Waals surface area contributed by atoms with Crippen LogP contribution in [-0.2, 0) is 8.92 Å². The van der Waals surface area contributed by atoms with Crippen molar-refractivity contribution in [2.45, 2.75) is 13.3 Å². The molecular weight excluding hydrogens is 326 g/mol. The van der Waals surface area contributed by atoms with Crippen molar-refractivity contribution in [3.8, 4) is 0 Å². The predicted octanol–water partition coefficient (Wildman–Crippen LogP) is 3.57. The average molecular weight is 339 g/mol. The molecule has 0 aliphatic rings. The van der Waals surface area contributed by atoms with Crippen LogP contribution in [0.1, 0.15) is 23.7 Å². The second-order valence-corrected chi connectivity index (χ2v) is 5.24. The fraction of sp³-hybridized carbons (Fsp3) is 0.308. The number of hydrogen-bond donors (Lipinski definition) is 1. The first-order valence-electron chi connectivity index (χ1n) is 6.00. The van der Waals surface area contributed by atoms with Crippen molar-refractivity contribution >= 4 is 23.7 Å². The van der Waals surface area contributed by atoms with Crippen LogP contribution in [0.3, 0.4) is 0 Å². The molecule has 0 spiro atoms. The van der Waals surface area contributed by atoms with Crippen molar-refractivity contribution in [2.24, 2.45) is 0 Å². The van der Waals surface area contributed by atoms with Gasteiger partial charge in [-0.05, 0) is 6.92 Å². The molecule has 1 aromatic rings. The molecule has 0 fully saturated rings. The highest BCUT2D eigenvalue weighted by atomic mass is 32.2. The Morgan fingerprint density at radius 3 is 2.18 bits per heavy atom. The van der Waals surface area contributed by atoms with Gasteiger partial charge in [0.05, 0.1) is 13.2 Å². The summed E-state index contributed by atoms with van der Waals surface area (Å²) in [5, 5.41) is 0. The van der Waals surface area contributed by atoms with Crippen molar-refractivity contribution in [3.63, 3.8) is 0 Å². The van der Waals surface area contributed by atoms with Crippen LogP contribution in [0.4, 0.5) is 23.2 Å². The number of rotatable bonds is 7. The molecule has 0 aromatic heterocycles. The van der Waals surface area contributed by atoms with Gasteiger partial charge in [-0.25, -0.2) is 22.4 Å². The Labute approximate surface area is 128 Å². The van der Waals surface area contributed by atoms with Crippen molar-refractivity contribution < 1.29 is 31.3 Å². The molecule has 2 N–H and O–H groups in total. The van der Waals surface area contributed by atoms with E-state index in [4.69, 9.17) is 9.92 Å². The maximum atomic E-state index is 13.5. The van der Waals surface area contributed by atoms with Gasteiger partial charge >= 0.3 is 5.97 Å². The fourth-order valence-electron chi connectivity index (χ4n) is 1.33. The molecule has 0 heterocycles. The molecular formula is C13H13F4NO3S.